The van der Waals surface area contributed by atoms with Crippen molar-refractivity contribution < 1.29 is 4.92 Å². The third-order valence-electron chi connectivity index (χ3n) is 1.09. The fourth-order valence-corrected chi connectivity index (χ4v) is 0.534. The summed E-state index contributed by atoms with van der Waals surface area (Å²) in [5.74, 6) is 0. The van der Waals surface area contributed by atoms with E-state index in [2.05, 4.69) is 25.6 Å². The third kappa shape index (κ3) is 6.48. The van der Waals surface area contributed by atoms with Gasteiger partial charge in [0.25, 0.3) is 0 Å². The van der Waals surface area contributed by atoms with Crippen LogP contribution in [0.25, 0.3) is 0 Å². The number of aryl methyl sites for hydroxylation is 1. The lowest BCUT2D eigenvalue weighted by Gasteiger charge is -1.82. The minimum atomic E-state index is -0.611. The first-order valence-electron chi connectivity index (χ1n) is 3.44. The Morgan fingerprint density at radius 3 is 2.00 bits per heavy atom. The monoisotopic (exact) mass is 165 g/mol. The van der Waals surface area contributed by atoms with Gasteiger partial charge in [0.2, 0.25) is 6.20 Å². The number of rotatable bonds is 1. The normalized spacial score (nSPS) is 7.75. The van der Waals surface area contributed by atoms with E-state index in [1.54, 1.807) is 0 Å². The van der Waals surface area contributed by atoms with Crippen molar-refractivity contribution in [2.75, 3.05) is 0 Å². The van der Waals surface area contributed by atoms with Crippen LogP contribution in [0.3, 0.4) is 0 Å². The summed E-state index contributed by atoms with van der Waals surface area (Å²) in [5, 5.41) is 9.06. The molecule has 0 saturated heterocycles. The van der Waals surface area contributed by atoms with Crippen LogP contribution in [-0.4, -0.2) is 4.92 Å². The molecule has 1 aromatic rings. The van der Waals surface area contributed by atoms with Gasteiger partial charge in [-0.15, -0.1) is 0 Å². The highest BCUT2D eigenvalue weighted by Gasteiger charge is 1.72. The molecule has 1 rings (SSSR count). The molecule has 0 amide bonds. The Bertz CT molecular complexity index is 244. The molecule has 0 aliphatic carbocycles. The lowest BCUT2D eigenvalue weighted by atomic mass is 10.2. The fourth-order valence-electron chi connectivity index (χ4n) is 0.534. The summed E-state index contributed by atoms with van der Waals surface area (Å²) in [5.41, 5.74) is 1.32. The molecular weight excluding hydrogens is 154 g/mol. The molecule has 0 atom stereocenters. The van der Waals surface area contributed by atoms with Crippen molar-refractivity contribution in [3.05, 3.63) is 58.8 Å². The van der Waals surface area contributed by atoms with Crippen LogP contribution in [-0.2, 0) is 0 Å². The van der Waals surface area contributed by atoms with Gasteiger partial charge in [0.1, 0.15) is 0 Å². The average molecular weight is 165 g/mol. The molecule has 64 valence electrons. The predicted molar refractivity (Wildman–Crippen MR) is 48.4 cm³/mol. The first kappa shape index (κ1) is 10.4. The smallest absolute Gasteiger partial charge is 0.227 e. The highest BCUT2D eigenvalue weighted by Crippen LogP contribution is 1.92. The van der Waals surface area contributed by atoms with Crippen LogP contribution in [0.5, 0.6) is 0 Å². The first-order chi connectivity index (χ1) is 5.66. The van der Waals surface area contributed by atoms with E-state index in [0.29, 0.717) is 6.20 Å². The van der Waals surface area contributed by atoms with Gasteiger partial charge in [-0.05, 0) is 13.5 Å². The summed E-state index contributed by atoms with van der Waals surface area (Å²) in [6, 6.07) is 10.3. The zero-order valence-electron chi connectivity index (χ0n) is 6.93. The molecule has 3 heteroatoms. The second-order valence-corrected chi connectivity index (χ2v) is 2.12. The van der Waals surface area contributed by atoms with Gasteiger partial charge in [0.15, 0.2) is 0 Å². The van der Waals surface area contributed by atoms with E-state index in [1.807, 2.05) is 18.2 Å². The fraction of sp³-hybridized carbons (Fsp3) is 0.111. The van der Waals surface area contributed by atoms with Gasteiger partial charge < -0.3 is 0 Å². The Kier molecular flexibility index (Phi) is 5.26. The lowest BCUT2D eigenvalue weighted by molar-refractivity contribution is -0.401. The minimum absolute atomic E-state index is 0.611. The van der Waals surface area contributed by atoms with E-state index in [9.17, 15) is 0 Å². The van der Waals surface area contributed by atoms with Gasteiger partial charge in [-0.1, -0.05) is 35.9 Å². The molecule has 3 nitrogen and oxygen atoms in total. The Hall–Kier alpha value is -1.64. The average Bonchev–Trinajstić information content (AvgIpc) is 2.07. The molecule has 1 aromatic carbocycles. The van der Waals surface area contributed by atoms with Gasteiger partial charge in [-0.25, -0.2) is 0 Å². The van der Waals surface area contributed by atoms with Gasteiger partial charge in [-0.2, -0.15) is 0 Å². The lowest BCUT2D eigenvalue weighted by Crippen LogP contribution is -1.77. The summed E-state index contributed by atoms with van der Waals surface area (Å²) in [7, 11) is 0. The first-order valence-corrected chi connectivity index (χ1v) is 3.44. The highest BCUT2D eigenvalue weighted by molar-refractivity contribution is 5.11. The SMILES string of the molecule is C=C[N+](=O)[O-].Cc1ccccc1. The van der Waals surface area contributed by atoms with E-state index in [4.69, 9.17) is 10.1 Å². The van der Waals surface area contributed by atoms with Crippen molar-refractivity contribution in [2.45, 2.75) is 6.92 Å². The molecule has 0 heterocycles. The molecule has 0 aliphatic heterocycles. The van der Waals surface area contributed by atoms with E-state index < -0.39 is 4.92 Å². The Morgan fingerprint density at radius 1 is 1.42 bits per heavy atom. The van der Waals surface area contributed by atoms with Gasteiger partial charge in [-0.3, -0.25) is 10.1 Å². The molecule has 0 aliphatic rings. The number of nitro groups is 1. The van der Waals surface area contributed by atoms with Crippen LogP contribution in [0.4, 0.5) is 0 Å². The maximum absolute atomic E-state index is 9.06. The van der Waals surface area contributed by atoms with E-state index in [0.717, 1.165) is 0 Å². The van der Waals surface area contributed by atoms with Crippen LogP contribution >= 0.6 is 0 Å². The predicted octanol–water partition coefficient (Wildman–Crippen LogP) is 2.40. The Morgan fingerprint density at radius 2 is 1.83 bits per heavy atom. The second-order valence-electron chi connectivity index (χ2n) is 2.12. The number of hydrogen-bond acceptors (Lipinski definition) is 2. The Balaban J connectivity index is 0.000000217. The number of nitrogens with zero attached hydrogens (tertiary/aromatic N) is 1. The molecule has 0 fully saturated rings. The van der Waals surface area contributed by atoms with Crippen LogP contribution in [0.1, 0.15) is 5.56 Å². The largest absolute Gasteiger partial charge is 0.259 e. The van der Waals surface area contributed by atoms with Crippen molar-refractivity contribution in [3.8, 4) is 0 Å². The van der Waals surface area contributed by atoms with E-state index >= 15 is 0 Å². The van der Waals surface area contributed by atoms with E-state index in [1.165, 1.54) is 5.56 Å². The molecule has 0 unspecified atom stereocenters. The second kappa shape index (κ2) is 6.09. The molecule has 0 aromatic heterocycles. The highest BCUT2D eigenvalue weighted by atomic mass is 16.6. The zero-order valence-corrected chi connectivity index (χ0v) is 6.93. The van der Waals surface area contributed by atoms with Crippen LogP contribution in [0.15, 0.2) is 43.1 Å². The summed E-state index contributed by atoms with van der Waals surface area (Å²) >= 11 is 0. The quantitative estimate of drug-likeness (QED) is 0.473. The van der Waals surface area contributed by atoms with Gasteiger partial charge >= 0.3 is 0 Å². The standard InChI is InChI=1S/C7H8.C2H3NO2/c1-7-5-3-2-4-6-7;1-2-3(4)5/h2-6H,1H3;2H,1H2. The van der Waals surface area contributed by atoms with Crippen molar-refractivity contribution in [1.29, 1.82) is 0 Å². The van der Waals surface area contributed by atoms with Crippen LogP contribution in [0.2, 0.25) is 0 Å². The molecular formula is C9H11NO2. The number of benzene rings is 1. The van der Waals surface area contributed by atoms with Gasteiger partial charge in [0, 0.05) is 0 Å². The van der Waals surface area contributed by atoms with Crippen molar-refractivity contribution >= 4 is 0 Å². The topological polar surface area (TPSA) is 43.1 Å². The van der Waals surface area contributed by atoms with Gasteiger partial charge in [0.05, 0.1) is 4.92 Å². The molecule has 0 N–H and O–H groups in total. The third-order valence-corrected chi connectivity index (χ3v) is 1.09. The summed E-state index contributed by atoms with van der Waals surface area (Å²) in [6.07, 6.45) is 0.639. The van der Waals surface area contributed by atoms with Crippen molar-refractivity contribution in [1.82, 2.24) is 0 Å². The molecule has 0 radical (unpaired) electrons. The Labute approximate surface area is 71.5 Å². The molecule has 0 bridgehead atoms. The molecule has 12 heavy (non-hydrogen) atoms. The van der Waals surface area contributed by atoms with Crippen molar-refractivity contribution in [2.24, 2.45) is 0 Å². The van der Waals surface area contributed by atoms with E-state index in [-0.39, 0.29) is 0 Å². The summed E-state index contributed by atoms with van der Waals surface area (Å²) in [4.78, 5) is 8.44. The molecule has 0 spiro atoms. The maximum Gasteiger partial charge on any atom is 0.227 e. The van der Waals surface area contributed by atoms with Crippen LogP contribution < -0.4 is 0 Å². The van der Waals surface area contributed by atoms with Crippen molar-refractivity contribution in [3.63, 3.8) is 0 Å². The van der Waals surface area contributed by atoms with Crippen LogP contribution in [0, 0.1) is 17.0 Å². The number of hydrogen-bond donors (Lipinski definition) is 0. The summed E-state index contributed by atoms with van der Waals surface area (Å²) in [6.45, 7) is 4.94. The maximum atomic E-state index is 9.06. The summed E-state index contributed by atoms with van der Waals surface area (Å²) < 4.78 is 0. The minimum Gasteiger partial charge on any atom is -0.259 e. The zero-order chi connectivity index (χ0) is 9.40. The molecule has 0 saturated carbocycles.